The van der Waals surface area contributed by atoms with Crippen molar-refractivity contribution < 1.29 is 4.79 Å². The summed E-state index contributed by atoms with van der Waals surface area (Å²) in [5.74, 6) is 0.419. The van der Waals surface area contributed by atoms with Crippen molar-refractivity contribution in [1.29, 1.82) is 0 Å². The molecule has 0 unspecified atom stereocenters. The molecule has 96 valence electrons. The second-order valence-corrected chi connectivity index (χ2v) is 4.90. The number of hydrogen-bond donors (Lipinski definition) is 1. The number of carbonyl (C=O) groups is 1. The maximum atomic E-state index is 12.1. The van der Waals surface area contributed by atoms with Crippen LogP contribution in [0, 0.1) is 0 Å². The van der Waals surface area contributed by atoms with Gasteiger partial charge in [0.15, 0.2) is 0 Å². The van der Waals surface area contributed by atoms with Gasteiger partial charge in [-0.2, -0.15) is 0 Å². The zero-order valence-corrected chi connectivity index (χ0v) is 10.9. The lowest BCUT2D eigenvalue weighted by Crippen LogP contribution is -2.14. The fraction of sp³-hybridized carbons (Fsp3) is 0.214. The smallest absolute Gasteiger partial charge is 0.256 e. The average Bonchev–Trinajstić information content (AvgIpc) is 2.88. The minimum absolute atomic E-state index is 0.199. The number of rotatable bonds is 2. The van der Waals surface area contributed by atoms with E-state index in [2.05, 4.69) is 15.3 Å². The van der Waals surface area contributed by atoms with Crippen molar-refractivity contribution >= 4 is 23.3 Å². The molecule has 0 saturated heterocycles. The van der Waals surface area contributed by atoms with Crippen LogP contribution in [0.3, 0.4) is 0 Å². The zero-order chi connectivity index (χ0) is 13.2. The van der Waals surface area contributed by atoms with Crippen LogP contribution in [-0.2, 0) is 12.8 Å². The molecule has 0 aliphatic heterocycles. The fourth-order valence-electron chi connectivity index (χ4n) is 2.28. The Balaban J connectivity index is 1.86. The van der Waals surface area contributed by atoms with Gasteiger partial charge < -0.3 is 5.32 Å². The number of fused-ring (bicyclic) bond motifs is 1. The Morgan fingerprint density at radius 1 is 1.26 bits per heavy atom. The lowest BCUT2D eigenvalue weighted by Gasteiger charge is -2.08. The molecule has 19 heavy (non-hydrogen) atoms. The van der Waals surface area contributed by atoms with Gasteiger partial charge in [0.1, 0.15) is 12.1 Å². The highest BCUT2D eigenvalue weighted by atomic mass is 35.5. The highest BCUT2D eigenvalue weighted by Crippen LogP contribution is 2.25. The summed E-state index contributed by atoms with van der Waals surface area (Å²) in [6.45, 7) is 0. The van der Waals surface area contributed by atoms with E-state index >= 15 is 0 Å². The molecule has 1 N–H and O–H groups in total. The number of aromatic nitrogens is 2. The predicted molar refractivity (Wildman–Crippen MR) is 73.5 cm³/mol. The van der Waals surface area contributed by atoms with Crippen molar-refractivity contribution in [3.63, 3.8) is 0 Å². The number of anilines is 1. The summed E-state index contributed by atoms with van der Waals surface area (Å²) in [6, 6.07) is 6.85. The number of halogens is 1. The van der Waals surface area contributed by atoms with E-state index < -0.39 is 0 Å². The van der Waals surface area contributed by atoms with Crippen LogP contribution >= 0.6 is 11.6 Å². The van der Waals surface area contributed by atoms with E-state index in [-0.39, 0.29) is 5.91 Å². The topological polar surface area (TPSA) is 54.9 Å². The van der Waals surface area contributed by atoms with E-state index in [0.717, 1.165) is 30.5 Å². The van der Waals surface area contributed by atoms with Crippen LogP contribution in [0.5, 0.6) is 0 Å². The third-order valence-electron chi connectivity index (χ3n) is 3.19. The Morgan fingerprint density at radius 3 is 3.00 bits per heavy atom. The molecule has 0 saturated carbocycles. The Bertz CT molecular complexity index is 642. The molecule has 1 aromatic carbocycles. The average molecular weight is 274 g/mol. The van der Waals surface area contributed by atoms with Crippen LogP contribution in [0.2, 0.25) is 5.02 Å². The van der Waals surface area contributed by atoms with Gasteiger partial charge in [-0.15, -0.1) is 0 Å². The molecule has 0 radical (unpaired) electrons. The number of amides is 1. The Labute approximate surface area is 115 Å². The third kappa shape index (κ3) is 2.44. The van der Waals surface area contributed by atoms with Gasteiger partial charge in [0.2, 0.25) is 0 Å². The van der Waals surface area contributed by atoms with E-state index in [1.807, 2.05) is 0 Å². The van der Waals surface area contributed by atoms with E-state index in [4.69, 9.17) is 11.6 Å². The summed E-state index contributed by atoms with van der Waals surface area (Å²) in [5, 5.41) is 3.38. The molecule has 4 nitrogen and oxygen atoms in total. The number of nitrogens with zero attached hydrogens (tertiary/aromatic N) is 2. The lowest BCUT2D eigenvalue weighted by molar-refractivity contribution is 0.102. The quantitative estimate of drug-likeness (QED) is 0.915. The van der Waals surface area contributed by atoms with Gasteiger partial charge in [-0.1, -0.05) is 17.7 Å². The van der Waals surface area contributed by atoms with Gasteiger partial charge in [-0.05, 0) is 37.5 Å². The maximum Gasteiger partial charge on any atom is 0.256 e. The minimum atomic E-state index is -0.199. The first-order valence-corrected chi connectivity index (χ1v) is 6.51. The highest BCUT2D eigenvalue weighted by molar-refractivity contribution is 6.31. The second kappa shape index (κ2) is 4.97. The molecule has 2 aromatic rings. The Kier molecular flexibility index (Phi) is 3.17. The van der Waals surface area contributed by atoms with E-state index in [9.17, 15) is 4.79 Å². The van der Waals surface area contributed by atoms with Crippen LogP contribution in [0.25, 0.3) is 0 Å². The van der Waals surface area contributed by atoms with Crippen molar-refractivity contribution in [3.05, 3.63) is 52.4 Å². The van der Waals surface area contributed by atoms with E-state index in [1.165, 1.54) is 6.33 Å². The highest BCUT2D eigenvalue weighted by Gasteiger charge is 2.18. The van der Waals surface area contributed by atoms with Crippen molar-refractivity contribution in [1.82, 2.24) is 9.97 Å². The summed E-state index contributed by atoms with van der Waals surface area (Å²) in [5.41, 5.74) is 2.62. The van der Waals surface area contributed by atoms with E-state index in [0.29, 0.717) is 16.4 Å². The number of hydrogen-bond acceptors (Lipinski definition) is 3. The third-order valence-corrected chi connectivity index (χ3v) is 3.43. The molecular weight excluding hydrogens is 262 g/mol. The summed E-state index contributed by atoms with van der Waals surface area (Å²) >= 11 is 5.88. The molecule has 1 aliphatic carbocycles. The summed E-state index contributed by atoms with van der Waals surface area (Å²) in [4.78, 5) is 20.5. The maximum absolute atomic E-state index is 12.1. The van der Waals surface area contributed by atoms with Crippen molar-refractivity contribution in [2.24, 2.45) is 0 Å². The van der Waals surface area contributed by atoms with Crippen LogP contribution < -0.4 is 5.32 Å². The summed E-state index contributed by atoms with van der Waals surface area (Å²) in [6.07, 6.45) is 4.44. The standard InChI is InChI=1S/C14H12ClN3O/c15-10-4-1-3-9(7-10)14(19)18-13-11-5-2-6-12(11)16-8-17-13/h1,3-4,7-8H,2,5-6H2,(H,16,17,18,19). The molecule has 3 rings (SSSR count). The first kappa shape index (κ1) is 12.1. The van der Waals surface area contributed by atoms with Crippen molar-refractivity contribution in [2.45, 2.75) is 19.3 Å². The lowest BCUT2D eigenvalue weighted by atomic mass is 10.2. The van der Waals surface area contributed by atoms with Crippen LogP contribution in [-0.4, -0.2) is 15.9 Å². The summed E-state index contributed by atoms with van der Waals surface area (Å²) in [7, 11) is 0. The van der Waals surface area contributed by atoms with Crippen molar-refractivity contribution in [3.8, 4) is 0 Å². The predicted octanol–water partition coefficient (Wildman–Crippen LogP) is 2.87. The van der Waals surface area contributed by atoms with Gasteiger partial charge in [0.05, 0.1) is 0 Å². The number of aryl methyl sites for hydroxylation is 1. The molecule has 1 aliphatic rings. The van der Waals surface area contributed by atoms with Gasteiger partial charge in [0, 0.05) is 21.8 Å². The number of nitrogens with one attached hydrogen (secondary N) is 1. The molecule has 1 aromatic heterocycles. The van der Waals surface area contributed by atoms with Gasteiger partial charge >= 0.3 is 0 Å². The van der Waals surface area contributed by atoms with Gasteiger partial charge in [0.25, 0.3) is 5.91 Å². The molecule has 0 atom stereocenters. The summed E-state index contributed by atoms with van der Waals surface area (Å²) < 4.78 is 0. The van der Waals surface area contributed by atoms with Crippen molar-refractivity contribution in [2.75, 3.05) is 5.32 Å². The molecule has 1 amide bonds. The molecule has 0 fully saturated rings. The fourth-order valence-corrected chi connectivity index (χ4v) is 2.47. The van der Waals surface area contributed by atoms with E-state index in [1.54, 1.807) is 24.3 Å². The molecule has 0 bridgehead atoms. The first-order valence-electron chi connectivity index (χ1n) is 6.14. The largest absolute Gasteiger partial charge is 0.306 e. The van der Waals surface area contributed by atoms with Gasteiger partial charge in [-0.25, -0.2) is 9.97 Å². The SMILES string of the molecule is O=C(Nc1ncnc2c1CCC2)c1cccc(Cl)c1. The number of carbonyl (C=O) groups excluding carboxylic acids is 1. The molecule has 0 spiro atoms. The molecular formula is C14H12ClN3O. The molecule has 1 heterocycles. The van der Waals surface area contributed by atoms with Crippen LogP contribution in [0.4, 0.5) is 5.82 Å². The second-order valence-electron chi connectivity index (χ2n) is 4.47. The Hall–Kier alpha value is -1.94. The first-order chi connectivity index (χ1) is 9.24. The minimum Gasteiger partial charge on any atom is -0.306 e. The Morgan fingerprint density at radius 2 is 2.16 bits per heavy atom. The monoisotopic (exact) mass is 273 g/mol. The van der Waals surface area contributed by atoms with Gasteiger partial charge in [-0.3, -0.25) is 4.79 Å². The van der Waals surface area contributed by atoms with Crippen LogP contribution in [0.15, 0.2) is 30.6 Å². The normalized spacial score (nSPS) is 13.1. The number of benzene rings is 1. The molecule has 5 heteroatoms. The van der Waals surface area contributed by atoms with Crippen LogP contribution in [0.1, 0.15) is 28.0 Å². The zero-order valence-electron chi connectivity index (χ0n) is 10.2.